The van der Waals surface area contributed by atoms with Crippen molar-refractivity contribution in [3.05, 3.63) is 0 Å². The topological polar surface area (TPSA) is 8.10 Å². The van der Waals surface area contributed by atoms with Crippen LogP contribution >= 0.6 is 0 Å². The van der Waals surface area contributed by atoms with Crippen molar-refractivity contribution in [3.63, 3.8) is 0 Å². The van der Waals surface area contributed by atoms with E-state index in [1.165, 1.54) is 0 Å². The molecule has 0 aliphatic heterocycles. The quantitative estimate of drug-likeness (QED) is 0.405. The first kappa shape index (κ1) is 9.94. The predicted octanol–water partition coefficient (Wildman–Crippen LogP) is 0.407. The van der Waals surface area contributed by atoms with E-state index in [0.29, 0.717) is 0 Å². The summed E-state index contributed by atoms with van der Waals surface area (Å²) in [4.78, 5) is 0. The number of rotatable bonds is 3. The van der Waals surface area contributed by atoms with Crippen molar-refractivity contribution in [1.82, 2.24) is 0 Å². The molecule has 0 saturated heterocycles. The van der Waals surface area contributed by atoms with Crippen molar-refractivity contribution < 1.29 is 12.9 Å². The number of hydrogen-bond acceptors (Lipinski definition) is 0. The average molecular weight is 149 g/mol. The normalized spacial score (nSPS) is 11.7. The van der Waals surface area contributed by atoms with Gasteiger partial charge in [0.05, 0.1) is 0 Å². The van der Waals surface area contributed by atoms with Crippen LogP contribution in [0.4, 0.5) is 0 Å². The lowest BCUT2D eigenvalue weighted by Crippen LogP contribution is -2.43. The lowest BCUT2D eigenvalue weighted by atomic mass is 10.2. The fraction of sp³-hybridized carbons (Fsp3) is 1.00. The minimum Gasteiger partial charge on any atom is -0.364 e. The average Bonchev–Trinajstić information content (AvgIpc) is 1.59. The second kappa shape index (κ2) is 3.96. The SMILES string of the molecule is C[O+](C)B([O+](C)C)[O+](C)C. The van der Waals surface area contributed by atoms with Gasteiger partial charge in [0.1, 0.15) is 42.7 Å². The molecule has 0 heterocycles. The van der Waals surface area contributed by atoms with Gasteiger partial charge in [-0.05, 0) is 0 Å². The molecule has 0 fully saturated rings. The molecule has 0 aromatic carbocycles. The second-order valence-electron chi connectivity index (χ2n) is 2.93. The van der Waals surface area contributed by atoms with Crippen LogP contribution in [0.5, 0.6) is 0 Å². The Hall–Kier alpha value is -0.0551. The Morgan fingerprint density at radius 2 is 0.800 bits per heavy atom. The van der Waals surface area contributed by atoms with E-state index in [9.17, 15) is 0 Å². The van der Waals surface area contributed by atoms with Gasteiger partial charge in [-0.3, -0.25) is 0 Å². The molecule has 4 heteroatoms. The Labute approximate surface area is 63.8 Å². The minimum absolute atomic E-state index is 0.139. The Balaban J connectivity index is 3.98. The Morgan fingerprint density at radius 3 is 0.800 bits per heavy atom. The van der Waals surface area contributed by atoms with E-state index in [4.69, 9.17) is 0 Å². The lowest BCUT2D eigenvalue weighted by molar-refractivity contribution is -0.121. The van der Waals surface area contributed by atoms with Crippen LogP contribution < -0.4 is 0 Å². The molecule has 0 aromatic heterocycles. The summed E-state index contributed by atoms with van der Waals surface area (Å²) in [7, 11) is 11.8. The molecule has 0 amide bonds. The van der Waals surface area contributed by atoms with Crippen LogP contribution in [-0.2, 0) is 12.9 Å². The van der Waals surface area contributed by atoms with Crippen LogP contribution in [0.15, 0.2) is 0 Å². The van der Waals surface area contributed by atoms with Gasteiger partial charge in [-0.15, -0.1) is 0 Å². The zero-order valence-corrected chi connectivity index (χ0v) is 7.80. The van der Waals surface area contributed by atoms with Crippen LogP contribution in [0.3, 0.4) is 0 Å². The monoisotopic (exact) mass is 149 g/mol. The smallest absolute Gasteiger partial charge is 0.364 e. The fourth-order valence-corrected chi connectivity index (χ4v) is 1.15. The first-order chi connectivity index (χ1) is 4.46. The van der Waals surface area contributed by atoms with Crippen molar-refractivity contribution >= 4 is 7.32 Å². The molecule has 0 atom stereocenters. The van der Waals surface area contributed by atoms with Gasteiger partial charge >= 0.3 is 7.32 Å². The van der Waals surface area contributed by atoms with Crippen LogP contribution in [0, 0.1) is 0 Å². The van der Waals surface area contributed by atoms with Gasteiger partial charge in [0.2, 0.25) is 0 Å². The van der Waals surface area contributed by atoms with E-state index in [0.717, 1.165) is 0 Å². The highest BCUT2D eigenvalue weighted by Crippen LogP contribution is 2.06. The molecule has 0 aliphatic rings. The zero-order valence-electron chi connectivity index (χ0n) is 7.80. The van der Waals surface area contributed by atoms with Crippen molar-refractivity contribution in [1.29, 1.82) is 0 Å². The minimum atomic E-state index is 0.139. The second-order valence-corrected chi connectivity index (χ2v) is 2.93. The van der Waals surface area contributed by atoms with Crippen LogP contribution in [0.25, 0.3) is 0 Å². The molecule has 0 aliphatic carbocycles. The Kier molecular flexibility index (Phi) is 3.94. The molecule has 0 aromatic rings. The van der Waals surface area contributed by atoms with Crippen LogP contribution in [0.1, 0.15) is 0 Å². The first-order valence-electron chi connectivity index (χ1n) is 3.16. The summed E-state index contributed by atoms with van der Waals surface area (Å²) in [5, 5.41) is 0. The highest BCUT2D eigenvalue weighted by atomic mass is 16.9. The largest absolute Gasteiger partial charge is 1.34 e. The summed E-state index contributed by atoms with van der Waals surface area (Å²) in [6.07, 6.45) is 0. The maximum atomic E-state index is 2.83. The standard InChI is InChI=1S/C6H18BO3/c1-8(2)7(9(3)4)10(5)6/h1-6H3/q+3. The molecule has 0 spiro atoms. The van der Waals surface area contributed by atoms with Gasteiger partial charge in [-0.2, -0.15) is 0 Å². The van der Waals surface area contributed by atoms with Crippen molar-refractivity contribution in [2.24, 2.45) is 0 Å². The molecule has 0 bridgehead atoms. The molecular weight excluding hydrogens is 131 g/mol. The lowest BCUT2D eigenvalue weighted by Gasteiger charge is -2.12. The summed E-state index contributed by atoms with van der Waals surface area (Å²) in [5.41, 5.74) is 0. The molecule has 10 heavy (non-hydrogen) atoms. The van der Waals surface area contributed by atoms with Crippen molar-refractivity contribution in [2.75, 3.05) is 42.7 Å². The van der Waals surface area contributed by atoms with Gasteiger partial charge in [0.15, 0.2) is 0 Å². The molecule has 0 saturated carbocycles. The summed E-state index contributed by atoms with van der Waals surface area (Å²) in [6, 6.07) is 0. The Bertz CT molecular complexity index is 74.0. The van der Waals surface area contributed by atoms with Gasteiger partial charge < -0.3 is 12.9 Å². The van der Waals surface area contributed by atoms with E-state index in [1.54, 1.807) is 0 Å². The van der Waals surface area contributed by atoms with Gasteiger partial charge in [0.25, 0.3) is 0 Å². The van der Waals surface area contributed by atoms with E-state index in [1.807, 2.05) is 42.7 Å². The van der Waals surface area contributed by atoms with E-state index in [2.05, 4.69) is 12.9 Å². The summed E-state index contributed by atoms with van der Waals surface area (Å²) in [6.45, 7) is 0. The van der Waals surface area contributed by atoms with Gasteiger partial charge in [-0.25, -0.2) is 0 Å². The highest BCUT2D eigenvalue weighted by molar-refractivity contribution is 6.39. The first-order valence-corrected chi connectivity index (χ1v) is 3.16. The fourth-order valence-electron chi connectivity index (χ4n) is 1.15. The van der Waals surface area contributed by atoms with E-state index in [-0.39, 0.29) is 7.32 Å². The van der Waals surface area contributed by atoms with Crippen molar-refractivity contribution in [2.45, 2.75) is 0 Å². The third-order valence-electron chi connectivity index (χ3n) is 1.15. The molecule has 0 N–H and O–H groups in total. The summed E-state index contributed by atoms with van der Waals surface area (Å²) < 4.78 is 8.50. The van der Waals surface area contributed by atoms with Gasteiger partial charge in [-0.1, -0.05) is 0 Å². The molecule has 3 nitrogen and oxygen atoms in total. The molecule has 0 radical (unpaired) electrons. The molecule has 0 unspecified atom stereocenters. The van der Waals surface area contributed by atoms with Crippen LogP contribution in [-0.4, -0.2) is 50.0 Å². The molecule has 60 valence electrons. The molecule has 0 rings (SSSR count). The van der Waals surface area contributed by atoms with Gasteiger partial charge in [0, 0.05) is 0 Å². The molecular formula is C6H18BO3+3. The Morgan fingerprint density at radius 1 is 0.600 bits per heavy atom. The van der Waals surface area contributed by atoms with E-state index < -0.39 is 0 Å². The number of hydrogen-bond donors (Lipinski definition) is 0. The maximum Gasteiger partial charge on any atom is 1.34 e. The summed E-state index contributed by atoms with van der Waals surface area (Å²) in [5.74, 6) is 0. The third kappa shape index (κ3) is 2.69. The highest BCUT2D eigenvalue weighted by Gasteiger charge is 2.68. The third-order valence-corrected chi connectivity index (χ3v) is 1.15. The van der Waals surface area contributed by atoms with Crippen molar-refractivity contribution in [3.8, 4) is 0 Å². The summed E-state index contributed by atoms with van der Waals surface area (Å²) >= 11 is 0. The van der Waals surface area contributed by atoms with E-state index >= 15 is 0 Å². The predicted molar refractivity (Wildman–Crippen MR) is 44.6 cm³/mol. The maximum absolute atomic E-state index is 2.83. The zero-order chi connectivity index (χ0) is 8.31. The van der Waals surface area contributed by atoms with Crippen LogP contribution in [0.2, 0.25) is 0 Å².